The predicted octanol–water partition coefficient (Wildman–Crippen LogP) is 3.18. The number of hydrogen-bond acceptors (Lipinski definition) is 8. The fraction of sp³-hybridized carbons (Fsp3) is 0.370. The van der Waals surface area contributed by atoms with E-state index in [1.165, 1.54) is 12.1 Å². The second kappa shape index (κ2) is 7.99. The molecule has 39 heavy (non-hydrogen) atoms. The van der Waals surface area contributed by atoms with E-state index in [-0.39, 0.29) is 42.4 Å². The van der Waals surface area contributed by atoms with E-state index >= 15 is 0 Å². The Kier molecular flexibility index (Phi) is 4.93. The Hall–Kier alpha value is -4.03. The Balaban J connectivity index is 1.30. The van der Waals surface area contributed by atoms with Crippen molar-refractivity contribution >= 4 is 11.4 Å². The van der Waals surface area contributed by atoms with Crippen LogP contribution in [0.1, 0.15) is 71.3 Å². The summed E-state index contributed by atoms with van der Waals surface area (Å²) < 4.78 is 32.1. The zero-order valence-electron chi connectivity index (χ0n) is 21.0. The number of pyridine rings is 2. The molecule has 2 N–H and O–H groups in total. The predicted molar refractivity (Wildman–Crippen MR) is 132 cm³/mol. The van der Waals surface area contributed by atoms with Crippen molar-refractivity contribution in [3.63, 3.8) is 0 Å². The van der Waals surface area contributed by atoms with Gasteiger partial charge in [0.15, 0.2) is 5.82 Å². The number of rotatable bonds is 4. The summed E-state index contributed by atoms with van der Waals surface area (Å²) in [4.78, 5) is 27.9. The fourth-order valence-corrected chi connectivity index (χ4v) is 6.38. The number of carbonyl (C=O) groups excluding carboxylic acids is 1. The Morgan fingerprint density at radius 3 is 2.54 bits per heavy atom. The van der Waals surface area contributed by atoms with Crippen LogP contribution >= 0.6 is 0 Å². The van der Waals surface area contributed by atoms with Crippen LogP contribution in [-0.4, -0.2) is 64.8 Å². The summed E-state index contributed by atoms with van der Waals surface area (Å²) >= 11 is 0. The van der Waals surface area contributed by atoms with Gasteiger partial charge in [-0.1, -0.05) is 0 Å². The molecular weight excluding hydrogens is 510 g/mol. The molecule has 2 bridgehead atoms. The summed E-state index contributed by atoms with van der Waals surface area (Å²) in [7, 11) is 1.71. The number of ether oxygens (including phenoxy) is 1. The standard InChI is InChI=1S/C27H24F2N6O4/c1-26(37)11-27(38,12-26)24-30-9-14(10-31-24)13-5-6-35-17(7-13)20-16-8-18(22(20)33-35)34(2)23(36)15-3-4-19(32-21(15)16)39-25(28)29/h3-7,9-10,16,18,25,37-38H,8,11-12H2,1-2H3. The number of hydrogen-bond donors (Lipinski definition) is 2. The highest BCUT2D eigenvalue weighted by Gasteiger charge is 2.53. The maximum atomic E-state index is 13.2. The lowest BCUT2D eigenvalue weighted by Gasteiger charge is -2.46. The van der Waals surface area contributed by atoms with Crippen molar-refractivity contribution < 1.29 is 28.5 Å². The van der Waals surface area contributed by atoms with E-state index in [2.05, 4.69) is 19.7 Å². The third kappa shape index (κ3) is 3.62. The van der Waals surface area contributed by atoms with Crippen LogP contribution in [0.4, 0.5) is 8.78 Å². The molecule has 10 nitrogen and oxygen atoms in total. The lowest BCUT2D eigenvalue weighted by molar-refractivity contribution is -0.180. The average Bonchev–Trinajstić information content (AvgIpc) is 3.40. The molecular formula is C27H24F2N6O4. The number of nitrogens with zero attached hydrogens (tertiary/aromatic N) is 6. The van der Waals surface area contributed by atoms with Crippen LogP contribution in [0.3, 0.4) is 0 Å². The van der Waals surface area contributed by atoms with Gasteiger partial charge < -0.3 is 19.8 Å². The lowest BCUT2D eigenvalue weighted by Crippen LogP contribution is -2.53. The highest BCUT2D eigenvalue weighted by molar-refractivity contribution is 5.97. The molecule has 2 atom stereocenters. The molecule has 0 spiro atoms. The molecule has 2 aliphatic carbocycles. The largest absolute Gasteiger partial charge is 0.417 e. The molecule has 1 saturated carbocycles. The van der Waals surface area contributed by atoms with Gasteiger partial charge in [-0.25, -0.2) is 19.5 Å². The maximum absolute atomic E-state index is 13.2. The molecule has 1 fully saturated rings. The molecule has 1 amide bonds. The number of aliphatic hydroxyl groups is 2. The van der Waals surface area contributed by atoms with Crippen LogP contribution in [0.2, 0.25) is 0 Å². The molecule has 1 aliphatic heterocycles. The number of halogens is 2. The normalized spacial score (nSPS) is 27.4. The first kappa shape index (κ1) is 24.0. The Bertz CT molecular complexity index is 1650. The molecule has 0 aromatic carbocycles. The van der Waals surface area contributed by atoms with Gasteiger partial charge in [0.1, 0.15) is 5.60 Å². The molecule has 3 aliphatic rings. The number of fused-ring (bicyclic) bond motifs is 9. The van der Waals surface area contributed by atoms with Gasteiger partial charge in [-0.15, -0.1) is 0 Å². The van der Waals surface area contributed by atoms with E-state index in [4.69, 9.17) is 5.10 Å². The third-order valence-electron chi connectivity index (χ3n) is 8.03. The van der Waals surface area contributed by atoms with Gasteiger partial charge in [0.25, 0.3) is 5.91 Å². The van der Waals surface area contributed by atoms with Crippen molar-refractivity contribution in [1.29, 1.82) is 0 Å². The highest BCUT2D eigenvalue weighted by atomic mass is 19.3. The summed E-state index contributed by atoms with van der Waals surface area (Å²) in [5.41, 5.74) is 2.53. The maximum Gasteiger partial charge on any atom is 0.388 e. The Morgan fingerprint density at radius 1 is 1.10 bits per heavy atom. The van der Waals surface area contributed by atoms with Crippen LogP contribution < -0.4 is 4.74 Å². The van der Waals surface area contributed by atoms with Gasteiger partial charge in [0, 0.05) is 61.6 Å². The van der Waals surface area contributed by atoms with Crippen molar-refractivity contribution in [3.05, 3.63) is 71.2 Å². The van der Waals surface area contributed by atoms with Crippen LogP contribution in [0.25, 0.3) is 16.6 Å². The van der Waals surface area contributed by atoms with Crippen molar-refractivity contribution in [2.24, 2.45) is 0 Å². The van der Waals surface area contributed by atoms with E-state index in [1.807, 2.05) is 18.3 Å². The molecule has 0 saturated heterocycles. The summed E-state index contributed by atoms with van der Waals surface area (Å²) in [6.45, 7) is -1.36. The first-order valence-corrected chi connectivity index (χ1v) is 12.6. The summed E-state index contributed by atoms with van der Waals surface area (Å²) in [6.07, 6.45) is 5.95. The summed E-state index contributed by atoms with van der Waals surface area (Å²) in [5, 5.41) is 25.5. The van der Waals surface area contributed by atoms with E-state index in [1.54, 1.807) is 35.8 Å². The molecule has 200 valence electrons. The molecule has 0 radical (unpaired) electrons. The number of amides is 1. The lowest BCUT2D eigenvalue weighted by atomic mass is 9.68. The molecule has 2 unspecified atom stereocenters. The van der Waals surface area contributed by atoms with Crippen molar-refractivity contribution in [1.82, 2.24) is 29.5 Å². The van der Waals surface area contributed by atoms with Crippen molar-refractivity contribution in [3.8, 4) is 17.0 Å². The number of aromatic nitrogens is 5. The molecule has 4 aromatic rings. The zero-order chi connectivity index (χ0) is 27.3. The first-order valence-electron chi connectivity index (χ1n) is 12.6. The van der Waals surface area contributed by atoms with Gasteiger partial charge in [-0.2, -0.15) is 13.9 Å². The van der Waals surface area contributed by atoms with E-state index in [9.17, 15) is 23.8 Å². The monoisotopic (exact) mass is 534 g/mol. The smallest absolute Gasteiger partial charge is 0.388 e. The first-order chi connectivity index (χ1) is 18.5. The number of alkyl halides is 2. The second-order valence-corrected chi connectivity index (χ2v) is 10.9. The van der Waals surface area contributed by atoms with E-state index < -0.39 is 17.8 Å². The van der Waals surface area contributed by atoms with Crippen molar-refractivity contribution in [2.45, 2.75) is 56.0 Å². The molecule has 7 rings (SSSR count). The minimum atomic E-state index is -3.03. The minimum absolute atomic E-state index is 0.173. The average molecular weight is 535 g/mol. The van der Waals surface area contributed by atoms with Crippen LogP contribution in [0.5, 0.6) is 5.88 Å². The molecule has 5 heterocycles. The summed E-state index contributed by atoms with van der Waals surface area (Å²) in [5.74, 6) is -0.562. The van der Waals surface area contributed by atoms with Gasteiger partial charge in [0.2, 0.25) is 5.88 Å². The van der Waals surface area contributed by atoms with Gasteiger partial charge in [-0.3, -0.25) is 4.79 Å². The van der Waals surface area contributed by atoms with Gasteiger partial charge in [0.05, 0.1) is 34.1 Å². The Labute approximate surface area is 220 Å². The quantitative estimate of drug-likeness (QED) is 0.409. The van der Waals surface area contributed by atoms with Crippen LogP contribution in [0, 0.1) is 0 Å². The second-order valence-electron chi connectivity index (χ2n) is 10.9. The zero-order valence-corrected chi connectivity index (χ0v) is 21.0. The van der Waals surface area contributed by atoms with E-state index in [0.717, 1.165) is 27.9 Å². The molecule has 12 heteroatoms. The third-order valence-corrected chi connectivity index (χ3v) is 8.03. The minimum Gasteiger partial charge on any atom is -0.417 e. The van der Waals surface area contributed by atoms with Gasteiger partial charge in [-0.05, 0) is 37.1 Å². The topological polar surface area (TPSA) is 126 Å². The SMILES string of the molecule is CN1C(=O)c2ccc(OC(F)F)nc2C2CC1c1nn3ccc(-c4cnc(C5(O)CC(C)(O)C5)nc4)cc3c12. The van der Waals surface area contributed by atoms with E-state index in [0.29, 0.717) is 17.7 Å². The van der Waals surface area contributed by atoms with Crippen LogP contribution in [0.15, 0.2) is 42.9 Å². The van der Waals surface area contributed by atoms with Crippen molar-refractivity contribution in [2.75, 3.05) is 7.05 Å². The van der Waals surface area contributed by atoms with Gasteiger partial charge >= 0.3 is 6.61 Å². The molecule has 4 aromatic heterocycles. The summed E-state index contributed by atoms with van der Waals surface area (Å²) in [6, 6.07) is 6.30. The van der Waals surface area contributed by atoms with Crippen LogP contribution in [-0.2, 0) is 5.60 Å². The fourth-order valence-electron chi connectivity index (χ4n) is 6.38. The number of carbonyl (C=O) groups is 1. The highest BCUT2D eigenvalue weighted by Crippen LogP contribution is 2.51. The Morgan fingerprint density at radius 2 is 1.85 bits per heavy atom.